The van der Waals surface area contributed by atoms with Gasteiger partial charge in [-0.1, -0.05) is 44.9 Å². The summed E-state index contributed by atoms with van der Waals surface area (Å²) in [6.45, 7) is 3.95. The summed E-state index contributed by atoms with van der Waals surface area (Å²) in [6, 6.07) is 9.68. The van der Waals surface area contributed by atoms with Crippen LogP contribution >= 0.6 is 0 Å². The van der Waals surface area contributed by atoms with Gasteiger partial charge < -0.3 is 4.74 Å². The first-order valence-corrected chi connectivity index (χ1v) is 7.84. The number of hydrogen-bond acceptors (Lipinski definition) is 2. The van der Waals surface area contributed by atoms with Crippen molar-refractivity contribution in [3.8, 4) is 5.75 Å². The van der Waals surface area contributed by atoms with Crippen LogP contribution in [0.1, 0.15) is 48.2 Å². The molecule has 2 aromatic carbocycles. The third-order valence-corrected chi connectivity index (χ3v) is 3.58. The number of aryl methyl sites for hydroxylation is 2. The van der Waals surface area contributed by atoms with Crippen LogP contribution in [0.5, 0.6) is 5.75 Å². The van der Waals surface area contributed by atoms with Crippen LogP contribution in [0, 0.1) is 11.6 Å². The van der Waals surface area contributed by atoms with Crippen LogP contribution in [-0.4, -0.2) is 5.97 Å². The molecule has 0 saturated carbocycles. The first kappa shape index (κ1) is 17.1. The van der Waals surface area contributed by atoms with Gasteiger partial charge in [0.25, 0.3) is 0 Å². The van der Waals surface area contributed by atoms with Crippen molar-refractivity contribution in [1.29, 1.82) is 0 Å². The van der Waals surface area contributed by atoms with Gasteiger partial charge in [-0.15, -0.1) is 0 Å². The Morgan fingerprint density at radius 3 is 2.17 bits per heavy atom. The molecule has 4 heteroatoms. The molecule has 0 aliphatic heterocycles. The highest BCUT2D eigenvalue weighted by molar-refractivity contribution is 5.91. The maximum atomic E-state index is 14.0. The number of carbonyl (C=O) groups is 1. The van der Waals surface area contributed by atoms with E-state index in [0.29, 0.717) is 18.4 Å². The fourth-order valence-electron chi connectivity index (χ4n) is 2.37. The molecule has 0 aliphatic carbocycles. The molecule has 0 radical (unpaired) electrons. The fraction of sp³-hybridized carbons (Fsp3) is 0.316. The minimum atomic E-state index is -1.12. The molecule has 2 aromatic rings. The number of carbonyl (C=O) groups excluding carboxylic acids is 1. The van der Waals surface area contributed by atoms with Gasteiger partial charge in [0.2, 0.25) is 5.82 Å². The molecule has 0 atom stereocenters. The summed E-state index contributed by atoms with van der Waals surface area (Å²) in [7, 11) is 0. The lowest BCUT2D eigenvalue weighted by molar-refractivity contribution is 0.0726. The second kappa shape index (κ2) is 7.86. The van der Waals surface area contributed by atoms with Crippen LogP contribution in [0.3, 0.4) is 0 Å². The molecular weight excluding hydrogens is 298 g/mol. The summed E-state index contributed by atoms with van der Waals surface area (Å²) in [5.41, 5.74) is 1.71. The standard InChI is InChI=1S/C19H20F2O2/c1-3-5-13-7-9-15(10-8-13)19(22)23-16-12-11-14(6-4-2)17(20)18(16)21/h7-12H,3-6H2,1-2H3. The highest BCUT2D eigenvalue weighted by Crippen LogP contribution is 2.24. The number of halogens is 2. The van der Waals surface area contributed by atoms with Gasteiger partial charge in [-0.3, -0.25) is 0 Å². The summed E-state index contributed by atoms with van der Waals surface area (Å²) >= 11 is 0. The predicted molar refractivity (Wildman–Crippen MR) is 85.7 cm³/mol. The van der Waals surface area contributed by atoms with Crippen LogP contribution in [0.4, 0.5) is 8.78 Å². The number of rotatable bonds is 6. The summed E-state index contributed by atoms with van der Waals surface area (Å²) in [4.78, 5) is 12.0. The third-order valence-electron chi connectivity index (χ3n) is 3.58. The number of hydrogen-bond donors (Lipinski definition) is 0. The molecule has 2 rings (SSSR count). The van der Waals surface area contributed by atoms with E-state index in [4.69, 9.17) is 4.74 Å². The van der Waals surface area contributed by atoms with Crippen molar-refractivity contribution in [2.75, 3.05) is 0 Å². The summed E-state index contributed by atoms with van der Waals surface area (Å²) in [5, 5.41) is 0. The maximum absolute atomic E-state index is 14.0. The van der Waals surface area contributed by atoms with E-state index in [0.717, 1.165) is 18.4 Å². The molecule has 0 heterocycles. The molecular formula is C19H20F2O2. The van der Waals surface area contributed by atoms with E-state index in [2.05, 4.69) is 6.92 Å². The fourth-order valence-corrected chi connectivity index (χ4v) is 2.37. The van der Waals surface area contributed by atoms with E-state index in [1.54, 1.807) is 12.1 Å². The van der Waals surface area contributed by atoms with E-state index in [-0.39, 0.29) is 11.3 Å². The SMILES string of the molecule is CCCc1ccc(C(=O)Oc2ccc(CCC)c(F)c2F)cc1. The number of ether oxygens (including phenoxy) is 1. The highest BCUT2D eigenvalue weighted by atomic mass is 19.2. The van der Waals surface area contributed by atoms with Crippen LogP contribution in [-0.2, 0) is 12.8 Å². The Bertz CT molecular complexity index is 679. The molecule has 0 aliphatic rings. The van der Waals surface area contributed by atoms with E-state index in [1.807, 2.05) is 19.1 Å². The molecule has 0 spiro atoms. The van der Waals surface area contributed by atoms with Crippen LogP contribution in [0.25, 0.3) is 0 Å². The molecule has 23 heavy (non-hydrogen) atoms. The molecule has 0 aromatic heterocycles. The summed E-state index contributed by atoms with van der Waals surface area (Å²) in [5.74, 6) is -3.15. The van der Waals surface area contributed by atoms with Crippen molar-refractivity contribution in [2.45, 2.75) is 39.5 Å². The Kier molecular flexibility index (Phi) is 5.85. The monoisotopic (exact) mass is 318 g/mol. The lowest BCUT2D eigenvalue weighted by Gasteiger charge is -2.09. The molecule has 0 N–H and O–H groups in total. The summed E-state index contributed by atoms with van der Waals surface area (Å²) < 4.78 is 32.8. The van der Waals surface area contributed by atoms with E-state index in [9.17, 15) is 13.6 Å². The quantitative estimate of drug-likeness (QED) is 0.548. The summed E-state index contributed by atoms with van der Waals surface area (Å²) in [6.07, 6.45) is 3.09. The zero-order chi connectivity index (χ0) is 16.8. The molecule has 0 bridgehead atoms. The largest absolute Gasteiger partial charge is 0.420 e. The van der Waals surface area contributed by atoms with Crippen molar-refractivity contribution in [3.05, 3.63) is 64.7 Å². The van der Waals surface area contributed by atoms with Gasteiger partial charge in [0, 0.05) is 0 Å². The van der Waals surface area contributed by atoms with Crippen LogP contribution in [0.15, 0.2) is 36.4 Å². The molecule has 0 saturated heterocycles. The first-order valence-electron chi connectivity index (χ1n) is 7.84. The minimum Gasteiger partial charge on any atom is -0.420 e. The topological polar surface area (TPSA) is 26.3 Å². The minimum absolute atomic E-state index is 0.286. The third kappa shape index (κ3) is 4.15. The van der Waals surface area contributed by atoms with E-state index >= 15 is 0 Å². The molecule has 0 unspecified atom stereocenters. The number of esters is 1. The molecule has 0 amide bonds. The lowest BCUT2D eigenvalue weighted by Crippen LogP contribution is -2.10. The first-order chi connectivity index (χ1) is 11.1. The van der Waals surface area contributed by atoms with Crippen molar-refractivity contribution in [3.63, 3.8) is 0 Å². The normalized spacial score (nSPS) is 10.6. The smallest absolute Gasteiger partial charge is 0.343 e. The van der Waals surface area contributed by atoms with E-state index < -0.39 is 17.6 Å². The maximum Gasteiger partial charge on any atom is 0.343 e. The molecule has 2 nitrogen and oxygen atoms in total. The second-order valence-corrected chi connectivity index (χ2v) is 5.44. The average Bonchev–Trinajstić information content (AvgIpc) is 2.55. The second-order valence-electron chi connectivity index (χ2n) is 5.44. The number of benzene rings is 2. The van der Waals surface area contributed by atoms with E-state index in [1.165, 1.54) is 12.1 Å². The molecule has 122 valence electrons. The van der Waals surface area contributed by atoms with Gasteiger partial charge in [-0.25, -0.2) is 9.18 Å². The highest BCUT2D eigenvalue weighted by Gasteiger charge is 2.17. The Hall–Kier alpha value is -2.23. The zero-order valence-electron chi connectivity index (χ0n) is 13.4. The Labute approximate surface area is 135 Å². The average molecular weight is 318 g/mol. The Morgan fingerprint density at radius 2 is 1.57 bits per heavy atom. The Morgan fingerprint density at radius 1 is 0.913 bits per heavy atom. The van der Waals surface area contributed by atoms with Crippen molar-refractivity contribution in [1.82, 2.24) is 0 Å². The van der Waals surface area contributed by atoms with Crippen molar-refractivity contribution < 1.29 is 18.3 Å². The predicted octanol–water partition coefficient (Wildman–Crippen LogP) is 5.09. The van der Waals surface area contributed by atoms with Gasteiger partial charge in [0.1, 0.15) is 0 Å². The van der Waals surface area contributed by atoms with Gasteiger partial charge in [-0.2, -0.15) is 4.39 Å². The lowest BCUT2D eigenvalue weighted by atomic mass is 10.1. The van der Waals surface area contributed by atoms with Gasteiger partial charge in [-0.05, 0) is 42.2 Å². The van der Waals surface area contributed by atoms with Gasteiger partial charge >= 0.3 is 5.97 Å². The van der Waals surface area contributed by atoms with Crippen LogP contribution in [0.2, 0.25) is 0 Å². The zero-order valence-corrected chi connectivity index (χ0v) is 13.4. The van der Waals surface area contributed by atoms with Crippen molar-refractivity contribution >= 4 is 5.97 Å². The van der Waals surface area contributed by atoms with Gasteiger partial charge in [0.05, 0.1) is 5.56 Å². The van der Waals surface area contributed by atoms with Gasteiger partial charge in [0.15, 0.2) is 11.6 Å². The van der Waals surface area contributed by atoms with Crippen LogP contribution < -0.4 is 4.74 Å². The molecule has 0 fully saturated rings. The van der Waals surface area contributed by atoms with Crippen molar-refractivity contribution in [2.24, 2.45) is 0 Å². The Balaban J connectivity index is 2.15.